The zero-order chi connectivity index (χ0) is 13.9. The summed E-state index contributed by atoms with van der Waals surface area (Å²) >= 11 is 1.75. The van der Waals surface area contributed by atoms with Gasteiger partial charge in [-0.1, -0.05) is 18.2 Å². The van der Waals surface area contributed by atoms with E-state index in [0.29, 0.717) is 12.1 Å². The third-order valence-electron chi connectivity index (χ3n) is 3.72. The summed E-state index contributed by atoms with van der Waals surface area (Å²) in [7, 11) is 0. The highest BCUT2D eigenvalue weighted by atomic mass is 32.1. The smallest absolute Gasteiger partial charge is 0.227 e. The normalized spacial score (nSPS) is 13.5. The van der Waals surface area contributed by atoms with Gasteiger partial charge in [0, 0.05) is 17.8 Å². The fourth-order valence-corrected chi connectivity index (χ4v) is 3.49. The molecule has 2 heterocycles. The van der Waals surface area contributed by atoms with Gasteiger partial charge in [0.1, 0.15) is 0 Å². The molecule has 4 heteroatoms. The predicted molar refractivity (Wildman–Crippen MR) is 84.2 cm³/mol. The lowest BCUT2D eigenvalue weighted by atomic mass is 10.1. The monoisotopic (exact) mass is 286 g/mol. The molecule has 0 atom stereocenters. The van der Waals surface area contributed by atoms with Gasteiger partial charge < -0.3 is 10.6 Å². The molecule has 104 valence electrons. The number of nitrogens with zero attached hydrogens (tertiary/aromatic N) is 1. The first-order chi connectivity index (χ1) is 9.75. The van der Waals surface area contributed by atoms with Crippen molar-refractivity contribution in [1.82, 2.24) is 0 Å². The molecular weight excluding hydrogens is 268 g/mol. The second kappa shape index (κ2) is 5.67. The van der Waals surface area contributed by atoms with Crippen molar-refractivity contribution in [2.45, 2.75) is 25.7 Å². The minimum Gasteiger partial charge on any atom is -0.397 e. The average molecular weight is 286 g/mol. The largest absolute Gasteiger partial charge is 0.397 e. The van der Waals surface area contributed by atoms with E-state index in [0.717, 1.165) is 31.5 Å². The zero-order valence-corrected chi connectivity index (χ0v) is 12.2. The van der Waals surface area contributed by atoms with Crippen LogP contribution in [-0.2, 0) is 17.6 Å². The molecule has 1 aromatic carbocycles. The molecule has 20 heavy (non-hydrogen) atoms. The number of fused-ring (bicyclic) bond motifs is 1. The number of carbonyl (C=O) groups excluding carboxylic acids is 1. The number of aryl methyl sites for hydroxylation is 1. The second-order valence-corrected chi connectivity index (χ2v) is 6.12. The average Bonchev–Trinajstić information content (AvgIpc) is 3.07. The number of benzene rings is 1. The van der Waals surface area contributed by atoms with E-state index in [2.05, 4.69) is 23.6 Å². The summed E-state index contributed by atoms with van der Waals surface area (Å²) in [5.41, 5.74) is 8.86. The lowest BCUT2D eigenvalue weighted by Gasteiger charge is -2.18. The first kappa shape index (κ1) is 13.2. The highest BCUT2D eigenvalue weighted by molar-refractivity contribution is 7.09. The van der Waals surface area contributed by atoms with E-state index in [9.17, 15) is 4.79 Å². The van der Waals surface area contributed by atoms with E-state index in [-0.39, 0.29) is 5.91 Å². The molecule has 0 bridgehead atoms. The summed E-state index contributed by atoms with van der Waals surface area (Å²) in [6.45, 7) is 0.765. The van der Waals surface area contributed by atoms with E-state index in [1.54, 1.807) is 11.3 Å². The van der Waals surface area contributed by atoms with Gasteiger partial charge in [-0.2, -0.15) is 0 Å². The van der Waals surface area contributed by atoms with Gasteiger partial charge >= 0.3 is 0 Å². The molecule has 3 nitrogen and oxygen atoms in total. The maximum Gasteiger partial charge on any atom is 0.227 e. The van der Waals surface area contributed by atoms with Crippen LogP contribution in [-0.4, -0.2) is 12.5 Å². The fourth-order valence-electron chi connectivity index (χ4n) is 2.74. The molecular formula is C16H18N2OS. The lowest BCUT2D eigenvalue weighted by Crippen LogP contribution is -2.29. The zero-order valence-electron chi connectivity index (χ0n) is 11.3. The number of nitrogen functional groups attached to an aromatic ring is 1. The van der Waals surface area contributed by atoms with Crippen LogP contribution in [0.25, 0.3) is 0 Å². The Morgan fingerprint density at radius 3 is 3.00 bits per heavy atom. The number of thiophene rings is 1. The number of rotatable bonds is 4. The Morgan fingerprint density at radius 1 is 1.30 bits per heavy atom. The van der Waals surface area contributed by atoms with Crippen LogP contribution in [0.1, 0.15) is 23.3 Å². The van der Waals surface area contributed by atoms with Gasteiger partial charge in [0.2, 0.25) is 5.91 Å². The first-order valence-electron chi connectivity index (χ1n) is 6.96. The summed E-state index contributed by atoms with van der Waals surface area (Å²) in [5.74, 6) is 0.193. The Morgan fingerprint density at radius 2 is 2.20 bits per heavy atom. The Labute approximate surface area is 123 Å². The van der Waals surface area contributed by atoms with Crippen molar-refractivity contribution in [2.75, 3.05) is 17.2 Å². The summed E-state index contributed by atoms with van der Waals surface area (Å²) < 4.78 is 0. The Bertz CT molecular complexity index is 607. The molecule has 1 aromatic heterocycles. The molecule has 3 rings (SSSR count). The molecule has 0 saturated carbocycles. The molecule has 0 aliphatic carbocycles. The predicted octanol–water partition coefficient (Wildman–Crippen LogP) is 3.24. The van der Waals surface area contributed by atoms with Gasteiger partial charge in [0.25, 0.3) is 0 Å². The highest BCUT2D eigenvalue weighted by Crippen LogP contribution is 2.34. The summed E-state index contributed by atoms with van der Waals surface area (Å²) in [6.07, 6.45) is 3.38. The molecule has 0 unspecified atom stereocenters. The van der Waals surface area contributed by atoms with Crippen molar-refractivity contribution < 1.29 is 4.79 Å². The molecule has 1 aliphatic heterocycles. The van der Waals surface area contributed by atoms with Crippen LogP contribution in [0.4, 0.5) is 11.4 Å². The van der Waals surface area contributed by atoms with E-state index in [1.807, 2.05) is 17.0 Å². The van der Waals surface area contributed by atoms with Crippen LogP contribution < -0.4 is 10.6 Å². The van der Waals surface area contributed by atoms with Gasteiger partial charge in [-0.05, 0) is 42.3 Å². The highest BCUT2D eigenvalue weighted by Gasteiger charge is 2.25. The summed E-state index contributed by atoms with van der Waals surface area (Å²) in [4.78, 5) is 15.6. The number of para-hydroxylation sites is 1. The molecule has 1 aliphatic rings. The Balaban J connectivity index is 1.62. The molecule has 0 saturated heterocycles. The van der Waals surface area contributed by atoms with Gasteiger partial charge in [0.15, 0.2) is 0 Å². The topological polar surface area (TPSA) is 46.3 Å². The number of carbonyl (C=O) groups is 1. The van der Waals surface area contributed by atoms with Crippen molar-refractivity contribution in [3.63, 3.8) is 0 Å². The standard InChI is InChI=1S/C16H18N2OS/c17-14-7-1-4-12-9-10-18(16(12)14)15(19)8-2-5-13-6-3-11-20-13/h1,3-4,6-7,11H,2,5,8-10,17H2. The van der Waals surface area contributed by atoms with Crippen LogP contribution in [0, 0.1) is 0 Å². The van der Waals surface area contributed by atoms with Crippen LogP contribution in [0.5, 0.6) is 0 Å². The Kier molecular flexibility index (Phi) is 3.74. The lowest BCUT2D eigenvalue weighted by molar-refractivity contribution is -0.118. The van der Waals surface area contributed by atoms with Crippen molar-refractivity contribution in [1.29, 1.82) is 0 Å². The van der Waals surface area contributed by atoms with Gasteiger partial charge in [0.05, 0.1) is 11.4 Å². The molecule has 2 aromatic rings. The van der Waals surface area contributed by atoms with E-state index < -0.39 is 0 Å². The second-order valence-electron chi connectivity index (χ2n) is 5.08. The van der Waals surface area contributed by atoms with Crippen LogP contribution in [0.15, 0.2) is 35.7 Å². The fraction of sp³-hybridized carbons (Fsp3) is 0.312. The van der Waals surface area contributed by atoms with E-state index in [4.69, 9.17) is 5.73 Å². The summed E-state index contributed by atoms with van der Waals surface area (Å²) in [5, 5.41) is 2.08. The van der Waals surface area contributed by atoms with E-state index in [1.165, 1.54) is 10.4 Å². The van der Waals surface area contributed by atoms with E-state index >= 15 is 0 Å². The number of anilines is 2. The number of nitrogens with two attached hydrogens (primary N) is 1. The van der Waals surface area contributed by atoms with Crippen molar-refractivity contribution in [2.24, 2.45) is 0 Å². The van der Waals surface area contributed by atoms with Gasteiger partial charge in [-0.15, -0.1) is 11.3 Å². The molecule has 0 spiro atoms. The minimum absolute atomic E-state index is 0.193. The third-order valence-corrected chi connectivity index (χ3v) is 4.66. The number of hydrogen-bond donors (Lipinski definition) is 1. The van der Waals surface area contributed by atoms with Crippen LogP contribution in [0.2, 0.25) is 0 Å². The third kappa shape index (κ3) is 2.56. The van der Waals surface area contributed by atoms with Crippen molar-refractivity contribution in [3.8, 4) is 0 Å². The van der Waals surface area contributed by atoms with Crippen molar-refractivity contribution >= 4 is 28.6 Å². The quantitative estimate of drug-likeness (QED) is 0.877. The van der Waals surface area contributed by atoms with Gasteiger partial charge in [-0.3, -0.25) is 4.79 Å². The molecule has 0 radical (unpaired) electrons. The SMILES string of the molecule is Nc1cccc2c1N(C(=O)CCCc1cccs1)CC2. The first-order valence-corrected chi connectivity index (χ1v) is 7.84. The van der Waals surface area contributed by atoms with Crippen molar-refractivity contribution in [3.05, 3.63) is 46.2 Å². The molecule has 1 amide bonds. The number of amides is 1. The van der Waals surface area contributed by atoms with Gasteiger partial charge in [-0.25, -0.2) is 0 Å². The van der Waals surface area contributed by atoms with Crippen LogP contribution in [0.3, 0.4) is 0 Å². The Hall–Kier alpha value is -1.81. The summed E-state index contributed by atoms with van der Waals surface area (Å²) in [6, 6.07) is 10.1. The molecule has 0 fully saturated rings. The number of hydrogen-bond acceptors (Lipinski definition) is 3. The maximum absolute atomic E-state index is 12.4. The minimum atomic E-state index is 0.193. The maximum atomic E-state index is 12.4. The molecule has 2 N–H and O–H groups in total. The van der Waals surface area contributed by atoms with Crippen LogP contribution >= 0.6 is 11.3 Å².